The van der Waals surface area contributed by atoms with Crippen LogP contribution < -0.4 is 21.3 Å². The Kier molecular flexibility index (Phi) is 14.5. The molecule has 1 saturated heterocycles. The van der Waals surface area contributed by atoms with Gasteiger partial charge in [-0.3, -0.25) is 24.1 Å². The first kappa shape index (κ1) is 44.4. The van der Waals surface area contributed by atoms with E-state index in [1.54, 1.807) is 54.6 Å². The molecule has 1 aliphatic rings. The Labute approximate surface area is 367 Å². The van der Waals surface area contributed by atoms with E-state index in [9.17, 15) is 24.0 Å². The van der Waals surface area contributed by atoms with Crippen molar-refractivity contribution in [3.8, 4) is 16.9 Å². The van der Waals surface area contributed by atoms with Gasteiger partial charge < -0.3 is 35.1 Å². The van der Waals surface area contributed by atoms with E-state index in [1.807, 2.05) is 54.6 Å². The minimum Gasteiger partial charge on any atom is -0.497 e. The van der Waals surface area contributed by atoms with Crippen molar-refractivity contribution >= 4 is 40.3 Å². The zero-order valence-electron chi connectivity index (χ0n) is 35.1. The fourth-order valence-corrected chi connectivity index (χ4v) is 7.21. The first-order chi connectivity index (χ1) is 31.1. The maximum atomic E-state index is 15.1. The molecule has 17 heteroatoms. The molecule has 0 atom stereocenters. The molecule has 16 nitrogen and oxygen atoms in total. The van der Waals surface area contributed by atoms with E-state index in [2.05, 4.69) is 20.5 Å². The van der Waals surface area contributed by atoms with Crippen LogP contribution in [0.5, 0.6) is 5.75 Å². The molecule has 1 fully saturated rings. The lowest BCUT2D eigenvalue weighted by molar-refractivity contribution is -0.133. The van der Waals surface area contributed by atoms with Crippen LogP contribution in [0, 0.1) is 5.82 Å². The number of carbonyl (C=O) groups is 4. The molecule has 0 saturated carbocycles. The van der Waals surface area contributed by atoms with Crippen LogP contribution in [0.15, 0.2) is 114 Å². The summed E-state index contributed by atoms with van der Waals surface area (Å²) in [5.74, 6) is -1.38. The average Bonchev–Trinajstić information content (AvgIpc) is 3.33. The first-order valence-corrected chi connectivity index (χ1v) is 20.6. The fraction of sp³-hybridized carbons (Fsp3) is 0.255. The number of nitrogens with zero attached hydrogens (tertiary/aromatic N) is 5. The number of rotatable bonds is 16. The van der Waals surface area contributed by atoms with Crippen LogP contribution in [0.25, 0.3) is 21.9 Å². The summed E-state index contributed by atoms with van der Waals surface area (Å²) >= 11 is 0. The van der Waals surface area contributed by atoms with Crippen LogP contribution in [0.4, 0.5) is 14.9 Å². The molecule has 64 heavy (non-hydrogen) atoms. The molecule has 4 amide bonds. The van der Waals surface area contributed by atoms with Crippen molar-refractivity contribution in [2.45, 2.75) is 13.0 Å². The quantitative estimate of drug-likeness (QED) is 0.114. The zero-order valence-corrected chi connectivity index (χ0v) is 35.1. The number of halogens is 1. The van der Waals surface area contributed by atoms with Gasteiger partial charge in [0, 0.05) is 62.8 Å². The van der Waals surface area contributed by atoms with Gasteiger partial charge in [0.2, 0.25) is 5.91 Å². The summed E-state index contributed by atoms with van der Waals surface area (Å²) < 4.78 is 31.7. The molecule has 330 valence electrons. The second-order valence-corrected chi connectivity index (χ2v) is 14.9. The average molecular weight is 871 g/mol. The predicted octanol–water partition coefficient (Wildman–Crippen LogP) is 4.68. The second kappa shape index (κ2) is 20.9. The van der Waals surface area contributed by atoms with Crippen LogP contribution in [-0.4, -0.2) is 120 Å². The number of methoxy groups -OCH3 is 1. The fourth-order valence-electron chi connectivity index (χ4n) is 7.21. The summed E-state index contributed by atoms with van der Waals surface area (Å²) in [6, 6.07) is 29.5. The number of nitrogens with one attached hydrogen (secondary N) is 2. The van der Waals surface area contributed by atoms with Crippen molar-refractivity contribution in [3.05, 3.63) is 154 Å². The van der Waals surface area contributed by atoms with Crippen molar-refractivity contribution in [2.75, 3.05) is 71.9 Å². The van der Waals surface area contributed by atoms with Crippen LogP contribution in [0.2, 0.25) is 0 Å². The third-order valence-electron chi connectivity index (χ3n) is 10.7. The van der Waals surface area contributed by atoms with E-state index in [4.69, 9.17) is 19.9 Å². The van der Waals surface area contributed by atoms with Gasteiger partial charge in [-0.2, -0.15) is 5.10 Å². The number of nitrogens with two attached hydrogens (primary N) is 1. The number of hydrogen-bond donors (Lipinski definition) is 3. The molecule has 4 aromatic carbocycles. The highest BCUT2D eigenvalue weighted by atomic mass is 19.1. The maximum Gasteiger partial charge on any atom is 0.410 e. The van der Waals surface area contributed by atoms with Gasteiger partial charge in [0.05, 0.1) is 42.7 Å². The molecule has 1 aliphatic heterocycles. The molecular formula is C47H47FN8O8. The summed E-state index contributed by atoms with van der Waals surface area (Å²) in [6.45, 7) is 0.518. The van der Waals surface area contributed by atoms with Crippen LogP contribution in [0.1, 0.15) is 37.7 Å². The topological polar surface area (TPSA) is 202 Å². The maximum absolute atomic E-state index is 15.1. The van der Waals surface area contributed by atoms with E-state index >= 15 is 4.39 Å². The number of hydrogen-bond acceptors (Lipinski definition) is 11. The molecule has 0 unspecified atom stereocenters. The van der Waals surface area contributed by atoms with Crippen molar-refractivity contribution in [2.24, 2.45) is 0 Å². The Bertz CT molecular complexity index is 2690. The van der Waals surface area contributed by atoms with Gasteiger partial charge in [-0.05, 0) is 53.1 Å². The summed E-state index contributed by atoms with van der Waals surface area (Å²) in [4.78, 5) is 74.2. The van der Waals surface area contributed by atoms with Gasteiger partial charge in [-0.15, -0.1) is 0 Å². The van der Waals surface area contributed by atoms with Crippen LogP contribution in [0.3, 0.4) is 0 Å². The third-order valence-corrected chi connectivity index (χ3v) is 10.7. The number of carbonyl (C=O) groups excluding carboxylic acids is 4. The molecule has 4 N–H and O–H groups in total. The van der Waals surface area contributed by atoms with Crippen molar-refractivity contribution in [1.29, 1.82) is 0 Å². The van der Waals surface area contributed by atoms with Gasteiger partial charge in [0.25, 0.3) is 17.4 Å². The number of amides is 4. The molecule has 2 aromatic heterocycles. The predicted molar refractivity (Wildman–Crippen MR) is 236 cm³/mol. The smallest absolute Gasteiger partial charge is 0.410 e. The Balaban J connectivity index is 0.905. The highest BCUT2D eigenvalue weighted by Gasteiger charge is 2.29. The lowest BCUT2D eigenvalue weighted by Crippen LogP contribution is -2.53. The molecule has 0 spiro atoms. The summed E-state index contributed by atoms with van der Waals surface area (Å²) in [5, 5.41) is 10.6. The molecule has 7 rings (SSSR count). The minimum absolute atomic E-state index is 0.00595. The summed E-state index contributed by atoms with van der Waals surface area (Å²) in [7, 11) is 1.58. The third kappa shape index (κ3) is 11.0. The normalized spacial score (nSPS) is 12.5. The van der Waals surface area contributed by atoms with Gasteiger partial charge in [-0.25, -0.2) is 19.3 Å². The molecule has 3 heterocycles. The first-order valence-electron chi connectivity index (χ1n) is 20.6. The zero-order chi connectivity index (χ0) is 45.0. The number of nitrogen functional groups attached to an aromatic ring is 1. The van der Waals surface area contributed by atoms with Crippen LogP contribution >= 0.6 is 0 Å². The SMILES string of the molecule is COc1cccc(-c2cnc(C(=O)NCCOCCN(CC(=O)N3CCN(C(=O)c4cc(Cc5n[nH]c(=O)c6ccccc56)ccc4F)CC3)C(=O)OCc3ccccc3)c(N)c2)c1. The molecule has 0 bridgehead atoms. The molecule has 6 aromatic rings. The van der Waals surface area contributed by atoms with E-state index in [-0.39, 0.29) is 100 Å². The highest BCUT2D eigenvalue weighted by molar-refractivity contribution is 5.98. The standard InChI is InChI=1S/C47H47FN8O8/c1-62-35-11-7-10-33(26-35)34-27-40(49)43(51-28-34)45(59)50-16-22-63-23-21-56(47(61)64-30-31-8-3-2-4-9-31)29-42(57)54-17-19-55(20-18-54)46(60)38-24-32(14-15-39(38)48)25-41-36-12-5-6-13-37(36)44(58)53-52-41/h2-15,24,26-28H,16-23,25,29-30,49H2,1H3,(H,50,59)(H,53,58). The Morgan fingerprint density at radius 1 is 0.844 bits per heavy atom. The summed E-state index contributed by atoms with van der Waals surface area (Å²) in [6.07, 6.45) is 1.09. The van der Waals surface area contributed by atoms with Gasteiger partial charge in [0.1, 0.15) is 24.7 Å². The van der Waals surface area contributed by atoms with Gasteiger partial charge in [0.15, 0.2) is 5.69 Å². The number of ether oxygens (including phenoxy) is 3. The number of H-pyrrole nitrogens is 1. The van der Waals surface area contributed by atoms with E-state index in [0.717, 1.165) is 16.7 Å². The number of fused-ring (bicyclic) bond motifs is 1. The van der Waals surface area contributed by atoms with E-state index in [0.29, 0.717) is 27.8 Å². The number of piperazine rings is 1. The molecule has 0 radical (unpaired) electrons. The number of anilines is 1. The van der Waals surface area contributed by atoms with Crippen molar-refractivity contribution in [3.63, 3.8) is 0 Å². The summed E-state index contributed by atoms with van der Waals surface area (Å²) in [5.41, 5.74) is 9.55. The molecular weight excluding hydrogens is 824 g/mol. The second-order valence-electron chi connectivity index (χ2n) is 14.9. The Morgan fingerprint density at radius 3 is 2.36 bits per heavy atom. The monoisotopic (exact) mass is 870 g/mol. The lowest BCUT2D eigenvalue weighted by atomic mass is 10.0. The van der Waals surface area contributed by atoms with Crippen LogP contribution in [-0.2, 0) is 27.3 Å². The Morgan fingerprint density at radius 2 is 1.59 bits per heavy atom. The van der Waals surface area contributed by atoms with Crippen molar-refractivity contribution in [1.82, 2.24) is 35.2 Å². The molecule has 0 aliphatic carbocycles. The van der Waals surface area contributed by atoms with E-state index < -0.39 is 23.7 Å². The number of pyridine rings is 1. The van der Waals surface area contributed by atoms with Crippen molar-refractivity contribution < 1.29 is 37.8 Å². The largest absolute Gasteiger partial charge is 0.497 e. The lowest BCUT2D eigenvalue weighted by Gasteiger charge is -2.36. The van der Waals surface area contributed by atoms with E-state index in [1.165, 1.54) is 21.9 Å². The number of aromatic amines is 1. The number of aromatic nitrogens is 3. The van der Waals surface area contributed by atoms with Gasteiger partial charge in [-0.1, -0.05) is 66.7 Å². The van der Waals surface area contributed by atoms with Gasteiger partial charge >= 0.3 is 6.09 Å². The highest BCUT2D eigenvalue weighted by Crippen LogP contribution is 2.26. The Hall–Kier alpha value is -7.66. The number of benzene rings is 4. The minimum atomic E-state index is -0.720.